The Morgan fingerprint density at radius 2 is 1.49 bits per heavy atom. The van der Waals surface area contributed by atoms with Gasteiger partial charge in [-0.25, -0.2) is 0 Å². The highest BCUT2D eigenvalue weighted by Crippen LogP contribution is 2.35. The molecule has 2 heterocycles. The van der Waals surface area contributed by atoms with Crippen molar-refractivity contribution < 1.29 is 19.0 Å². The first-order chi connectivity index (χ1) is 17.3. The van der Waals surface area contributed by atoms with Gasteiger partial charge in [0, 0.05) is 17.5 Å². The number of carbonyl (C=O) groups is 1. The molecule has 7 nitrogen and oxygen atoms in total. The Labute approximate surface area is 221 Å². The summed E-state index contributed by atoms with van der Waals surface area (Å²) in [5.74, 6) is 0.800. The Kier molecular flexibility index (Phi) is 8.80. The zero-order chi connectivity index (χ0) is 27.3. The average Bonchev–Trinajstić information content (AvgIpc) is 2.84. The maximum Gasteiger partial charge on any atom is 0.326 e. The summed E-state index contributed by atoms with van der Waals surface area (Å²) >= 11 is 0. The summed E-state index contributed by atoms with van der Waals surface area (Å²) in [6.45, 7) is 12.9. The first-order valence-electron chi connectivity index (χ1n) is 12.8. The van der Waals surface area contributed by atoms with E-state index in [0.29, 0.717) is 43.5 Å². The molecule has 0 unspecified atom stereocenters. The number of aromatic nitrogens is 2. The topological polar surface area (TPSA) is 73.8 Å². The van der Waals surface area contributed by atoms with Crippen LogP contribution in [0.4, 0.5) is 0 Å². The van der Waals surface area contributed by atoms with Gasteiger partial charge in [0.15, 0.2) is 5.65 Å². The van der Waals surface area contributed by atoms with Crippen LogP contribution >= 0.6 is 0 Å². The van der Waals surface area contributed by atoms with Gasteiger partial charge < -0.3 is 14.2 Å². The van der Waals surface area contributed by atoms with Gasteiger partial charge in [-0.05, 0) is 70.8 Å². The molecule has 0 bridgehead atoms. The van der Waals surface area contributed by atoms with E-state index in [1.165, 1.54) is 0 Å². The molecule has 0 aliphatic carbocycles. The predicted octanol–water partition coefficient (Wildman–Crippen LogP) is 6.06. The molecule has 200 valence electrons. The van der Waals surface area contributed by atoms with Crippen LogP contribution in [0.1, 0.15) is 59.9 Å². The van der Waals surface area contributed by atoms with Gasteiger partial charge >= 0.3 is 5.97 Å². The first-order valence-corrected chi connectivity index (χ1v) is 12.8. The Bertz CT molecular complexity index is 1190. The fourth-order valence-electron chi connectivity index (χ4n) is 4.13. The van der Waals surface area contributed by atoms with E-state index in [2.05, 4.69) is 30.7 Å². The summed E-state index contributed by atoms with van der Waals surface area (Å²) in [5, 5.41) is 0.909. The second-order valence-corrected chi connectivity index (χ2v) is 11.4. The molecule has 1 atom stereocenters. The van der Waals surface area contributed by atoms with Crippen molar-refractivity contribution in [3.63, 3.8) is 0 Å². The van der Waals surface area contributed by atoms with E-state index in [-0.39, 0.29) is 11.4 Å². The lowest BCUT2D eigenvalue weighted by atomic mass is 9.74. The number of rotatable bonds is 11. The van der Waals surface area contributed by atoms with Gasteiger partial charge in [-0.15, -0.1) is 0 Å². The molecule has 0 saturated carbocycles. The van der Waals surface area contributed by atoms with E-state index in [0.717, 1.165) is 10.9 Å². The molecular weight excluding hydrogens is 466 g/mol. The van der Waals surface area contributed by atoms with Gasteiger partial charge in [0.25, 0.3) is 0 Å². The van der Waals surface area contributed by atoms with Crippen molar-refractivity contribution in [3.05, 3.63) is 60.2 Å². The summed E-state index contributed by atoms with van der Waals surface area (Å²) in [6, 6.07) is 17.6. The van der Waals surface area contributed by atoms with Crippen molar-refractivity contribution in [1.29, 1.82) is 0 Å². The van der Waals surface area contributed by atoms with Crippen LogP contribution < -0.4 is 9.47 Å². The number of ether oxygens (including phenoxy) is 3. The smallest absolute Gasteiger partial charge is 0.326 e. The number of hydrogen-bond acceptors (Lipinski definition) is 7. The standard InChI is InChI=1S/C30H41N3O4/c1-28(2,3)30(6,33(7)8)27(34)35-20-12-19-29(4,5)37-25-18-16-23-15-17-24(31-26(23)32-25)36-21-22-13-10-9-11-14-22/h9-11,13-18H,12,19-21H2,1-8H3/t30-/m0/s1. The van der Waals surface area contributed by atoms with Crippen molar-refractivity contribution in [2.75, 3.05) is 20.7 Å². The number of fused-ring (bicyclic) bond motifs is 1. The molecular formula is C30H41N3O4. The number of benzene rings is 1. The van der Waals surface area contributed by atoms with Crippen molar-refractivity contribution in [1.82, 2.24) is 14.9 Å². The molecule has 0 aliphatic heterocycles. The molecule has 3 rings (SSSR count). The fourth-order valence-corrected chi connectivity index (χ4v) is 4.13. The van der Waals surface area contributed by atoms with Gasteiger partial charge in [-0.3, -0.25) is 9.69 Å². The minimum atomic E-state index is -0.718. The lowest BCUT2D eigenvalue weighted by molar-refractivity contribution is -0.163. The van der Waals surface area contributed by atoms with Gasteiger partial charge in [-0.1, -0.05) is 51.1 Å². The first kappa shape index (κ1) is 28.4. The third-order valence-electron chi connectivity index (χ3n) is 7.02. The molecule has 0 amide bonds. The van der Waals surface area contributed by atoms with Crippen LogP contribution in [0.5, 0.6) is 11.8 Å². The summed E-state index contributed by atoms with van der Waals surface area (Å²) in [5.41, 5.74) is 0.163. The summed E-state index contributed by atoms with van der Waals surface area (Å²) < 4.78 is 17.7. The number of pyridine rings is 2. The van der Waals surface area contributed by atoms with Crippen LogP contribution in [0.25, 0.3) is 11.0 Å². The molecule has 2 aromatic heterocycles. The lowest BCUT2D eigenvalue weighted by Gasteiger charge is -2.44. The lowest BCUT2D eigenvalue weighted by Crippen LogP contribution is -2.58. The molecule has 0 fully saturated rings. The minimum Gasteiger partial charge on any atom is -0.473 e. The fraction of sp³-hybridized carbons (Fsp3) is 0.500. The number of esters is 1. The van der Waals surface area contributed by atoms with E-state index < -0.39 is 11.1 Å². The van der Waals surface area contributed by atoms with Gasteiger partial charge in [0.05, 0.1) is 6.61 Å². The maximum atomic E-state index is 12.9. The monoisotopic (exact) mass is 507 g/mol. The van der Waals surface area contributed by atoms with E-state index in [1.54, 1.807) is 0 Å². The molecule has 3 aromatic rings. The third kappa shape index (κ3) is 7.19. The minimum absolute atomic E-state index is 0.212. The van der Waals surface area contributed by atoms with Crippen LogP contribution in [-0.4, -0.2) is 52.7 Å². The third-order valence-corrected chi connectivity index (χ3v) is 7.02. The molecule has 0 saturated heterocycles. The molecule has 0 radical (unpaired) electrons. The van der Waals surface area contributed by atoms with Crippen molar-refractivity contribution in [3.8, 4) is 11.8 Å². The zero-order valence-corrected chi connectivity index (χ0v) is 23.5. The Hall–Kier alpha value is -3.19. The highest BCUT2D eigenvalue weighted by Gasteiger charge is 2.47. The van der Waals surface area contributed by atoms with Crippen LogP contribution in [-0.2, 0) is 16.1 Å². The predicted molar refractivity (Wildman–Crippen MR) is 147 cm³/mol. The normalized spacial score (nSPS) is 13.9. The Balaban J connectivity index is 1.57. The maximum absolute atomic E-state index is 12.9. The van der Waals surface area contributed by atoms with Crippen molar-refractivity contribution in [2.24, 2.45) is 5.41 Å². The molecule has 0 spiro atoms. The van der Waals surface area contributed by atoms with E-state index in [1.807, 2.05) is 94.4 Å². The summed E-state index contributed by atoms with van der Waals surface area (Å²) in [6.07, 6.45) is 1.37. The highest BCUT2D eigenvalue weighted by atomic mass is 16.5. The van der Waals surface area contributed by atoms with E-state index >= 15 is 0 Å². The zero-order valence-electron chi connectivity index (χ0n) is 23.5. The van der Waals surface area contributed by atoms with Crippen LogP contribution in [0, 0.1) is 5.41 Å². The van der Waals surface area contributed by atoms with Crippen LogP contribution in [0.2, 0.25) is 0 Å². The molecule has 37 heavy (non-hydrogen) atoms. The Morgan fingerprint density at radius 1 is 0.865 bits per heavy atom. The SMILES string of the molecule is CN(C)[C@@](C)(C(=O)OCCCC(C)(C)Oc1ccc2ccc(OCc3ccccc3)nc2n1)C(C)(C)C. The average molecular weight is 508 g/mol. The Morgan fingerprint density at radius 3 is 2.11 bits per heavy atom. The van der Waals surface area contributed by atoms with Crippen LogP contribution in [0.15, 0.2) is 54.6 Å². The van der Waals surface area contributed by atoms with Crippen molar-refractivity contribution in [2.45, 2.75) is 72.1 Å². The highest BCUT2D eigenvalue weighted by molar-refractivity contribution is 5.81. The number of hydrogen-bond donors (Lipinski definition) is 0. The van der Waals surface area contributed by atoms with E-state index in [4.69, 9.17) is 14.2 Å². The second-order valence-electron chi connectivity index (χ2n) is 11.4. The van der Waals surface area contributed by atoms with Crippen molar-refractivity contribution >= 4 is 17.0 Å². The number of nitrogens with zero attached hydrogens (tertiary/aromatic N) is 3. The van der Waals surface area contributed by atoms with Gasteiger partial charge in [0.1, 0.15) is 17.7 Å². The molecule has 0 N–H and O–H groups in total. The molecule has 1 aromatic carbocycles. The number of carbonyl (C=O) groups excluding carboxylic acids is 1. The van der Waals surface area contributed by atoms with Gasteiger partial charge in [0.2, 0.25) is 11.8 Å². The number of likely N-dealkylation sites (N-methyl/N-ethyl adjacent to an activating group) is 1. The van der Waals surface area contributed by atoms with Crippen LogP contribution in [0.3, 0.4) is 0 Å². The summed E-state index contributed by atoms with van der Waals surface area (Å²) in [7, 11) is 3.82. The van der Waals surface area contributed by atoms with Gasteiger partial charge in [-0.2, -0.15) is 9.97 Å². The summed E-state index contributed by atoms with van der Waals surface area (Å²) in [4.78, 5) is 24.0. The largest absolute Gasteiger partial charge is 0.473 e. The molecule has 0 aliphatic rings. The quantitative estimate of drug-likeness (QED) is 0.231. The van der Waals surface area contributed by atoms with E-state index in [9.17, 15) is 4.79 Å². The second kappa shape index (κ2) is 11.5. The molecule has 7 heteroatoms.